The van der Waals surface area contributed by atoms with Gasteiger partial charge in [-0.25, -0.2) is 4.79 Å². The summed E-state index contributed by atoms with van der Waals surface area (Å²) < 4.78 is 4.80. The largest absolute Gasteiger partial charge is 0.463 e. The normalized spacial score (nSPS) is 10.6. The number of anilines is 1. The van der Waals surface area contributed by atoms with E-state index in [9.17, 15) is 9.59 Å². The molecule has 0 atom stereocenters. The Hall–Kier alpha value is -1.75. The molecule has 0 radical (unpaired) electrons. The fraction of sp³-hybridized carbons (Fsp3) is 0.412. The van der Waals surface area contributed by atoms with Crippen molar-refractivity contribution in [2.75, 3.05) is 17.7 Å². The lowest BCUT2D eigenvalue weighted by atomic mass is 10.2. The number of amides is 1. The van der Waals surface area contributed by atoms with E-state index in [1.807, 2.05) is 24.3 Å². The van der Waals surface area contributed by atoms with Gasteiger partial charge in [0.05, 0.1) is 6.61 Å². The maximum atomic E-state index is 11.6. The van der Waals surface area contributed by atoms with E-state index in [0.717, 1.165) is 23.4 Å². The number of rotatable bonds is 9. The van der Waals surface area contributed by atoms with E-state index in [-0.39, 0.29) is 11.9 Å². The number of nitrogens with one attached hydrogen (secondary N) is 1. The van der Waals surface area contributed by atoms with E-state index in [1.165, 1.54) is 6.08 Å². The molecule has 0 saturated carbocycles. The number of esters is 1. The molecule has 1 N–H and O–H groups in total. The summed E-state index contributed by atoms with van der Waals surface area (Å²) in [7, 11) is 0. The second kappa shape index (κ2) is 10.9. The van der Waals surface area contributed by atoms with Crippen LogP contribution in [0.1, 0.15) is 33.1 Å². The molecule has 0 spiro atoms. The third-order valence-electron chi connectivity index (χ3n) is 2.78. The molecule has 0 aliphatic rings. The molecule has 1 aromatic rings. The predicted molar refractivity (Wildman–Crippen MR) is 91.1 cm³/mol. The predicted octanol–water partition coefficient (Wildman–Crippen LogP) is 4.03. The van der Waals surface area contributed by atoms with Crippen molar-refractivity contribution in [3.8, 4) is 0 Å². The van der Waals surface area contributed by atoms with Crippen LogP contribution in [0.25, 0.3) is 0 Å². The van der Waals surface area contributed by atoms with Crippen LogP contribution < -0.4 is 5.32 Å². The topological polar surface area (TPSA) is 55.4 Å². The van der Waals surface area contributed by atoms with Crippen molar-refractivity contribution in [3.05, 3.63) is 36.4 Å². The van der Waals surface area contributed by atoms with Gasteiger partial charge in [0.1, 0.15) is 0 Å². The standard InChI is InChI=1S/C17H23NO3S/c1-3-5-7-16(19)18-14-9-11-15(12-10-14)22-13-6-8-17(20)21-4-2/h6,8-12H,3-5,7,13H2,1-2H3,(H,18,19)/b8-6+. The molecule has 120 valence electrons. The van der Waals surface area contributed by atoms with Gasteiger partial charge in [-0.15, -0.1) is 11.8 Å². The number of hydrogen-bond donors (Lipinski definition) is 1. The Bertz CT molecular complexity index is 497. The van der Waals surface area contributed by atoms with Gasteiger partial charge in [0.25, 0.3) is 0 Å². The molecular formula is C17H23NO3S. The molecule has 0 aliphatic heterocycles. The Labute approximate surface area is 136 Å². The Kier molecular flexibility index (Phi) is 9.07. The van der Waals surface area contributed by atoms with Gasteiger partial charge in [0, 0.05) is 28.8 Å². The minimum absolute atomic E-state index is 0.0552. The van der Waals surface area contributed by atoms with E-state index < -0.39 is 0 Å². The van der Waals surface area contributed by atoms with Crippen LogP contribution in [-0.4, -0.2) is 24.2 Å². The van der Waals surface area contributed by atoms with Crippen LogP contribution in [0, 0.1) is 0 Å². The number of carbonyl (C=O) groups excluding carboxylic acids is 2. The quantitative estimate of drug-likeness (QED) is 0.424. The Morgan fingerprint density at radius 2 is 1.95 bits per heavy atom. The Morgan fingerprint density at radius 1 is 1.23 bits per heavy atom. The van der Waals surface area contributed by atoms with Gasteiger partial charge in [-0.05, 0) is 37.6 Å². The summed E-state index contributed by atoms with van der Waals surface area (Å²) in [6.45, 7) is 4.24. The van der Waals surface area contributed by atoms with Crippen molar-refractivity contribution < 1.29 is 14.3 Å². The highest BCUT2D eigenvalue weighted by atomic mass is 32.2. The molecule has 1 aromatic carbocycles. The van der Waals surface area contributed by atoms with Crippen molar-refractivity contribution in [2.24, 2.45) is 0 Å². The lowest BCUT2D eigenvalue weighted by molar-refractivity contribution is -0.137. The minimum atomic E-state index is -0.312. The summed E-state index contributed by atoms with van der Waals surface area (Å²) in [6.07, 6.45) is 5.71. The average Bonchev–Trinajstić information content (AvgIpc) is 2.51. The molecule has 0 aromatic heterocycles. The molecule has 0 fully saturated rings. The molecule has 1 rings (SSSR count). The summed E-state index contributed by atoms with van der Waals surface area (Å²) in [4.78, 5) is 23.8. The van der Waals surface area contributed by atoms with Gasteiger partial charge in [0.2, 0.25) is 5.91 Å². The molecule has 1 amide bonds. The van der Waals surface area contributed by atoms with E-state index in [1.54, 1.807) is 24.8 Å². The number of benzene rings is 1. The summed E-state index contributed by atoms with van der Waals surface area (Å²) in [5.41, 5.74) is 0.813. The number of ether oxygens (including phenoxy) is 1. The zero-order valence-electron chi connectivity index (χ0n) is 13.1. The van der Waals surface area contributed by atoms with Crippen LogP contribution in [0.4, 0.5) is 5.69 Å². The summed E-state index contributed by atoms with van der Waals surface area (Å²) in [5, 5.41) is 2.88. The molecule has 0 unspecified atom stereocenters. The van der Waals surface area contributed by atoms with Crippen molar-refractivity contribution in [1.29, 1.82) is 0 Å². The first-order chi connectivity index (χ1) is 10.7. The van der Waals surface area contributed by atoms with Crippen LogP contribution in [0.5, 0.6) is 0 Å². The van der Waals surface area contributed by atoms with E-state index in [2.05, 4.69) is 12.2 Å². The van der Waals surface area contributed by atoms with E-state index in [4.69, 9.17) is 4.74 Å². The van der Waals surface area contributed by atoms with Crippen LogP contribution in [-0.2, 0) is 14.3 Å². The minimum Gasteiger partial charge on any atom is -0.463 e. The third-order valence-corrected chi connectivity index (χ3v) is 3.75. The lowest BCUT2D eigenvalue weighted by Crippen LogP contribution is -2.10. The number of carbonyl (C=O) groups is 2. The highest BCUT2D eigenvalue weighted by Gasteiger charge is 2.01. The van der Waals surface area contributed by atoms with Crippen molar-refractivity contribution in [1.82, 2.24) is 0 Å². The number of unbranched alkanes of at least 4 members (excludes halogenated alkanes) is 1. The van der Waals surface area contributed by atoms with Crippen LogP contribution >= 0.6 is 11.8 Å². The molecular weight excluding hydrogens is 298 g/mol. The first kappa shape index (κ1) is 18.3. The Balaban J connectivity index is 2.35. The lowest BCUT2D eigenvalue weighted by Gasteiger charge is -2.05. The number of thioether (sulfide) groups is 1. The van der Waals surface area contributed by atoms with Gasteiger partial charge < -0.3 is 10.1 Å². The van der Waals surface area contributed by atoms with Crippen LogP contribution in [0.15, 0.2) is 41.3 Å². The first-order valence-electron chi connectivity index (χ1n) is 7.51. The van der Waals surface area contributed by atoms with E-state index >= 15 is 0 Å². The molecule has 0 saturated heterocycles. The third kappa shape index (κ3) is 7.88. The van der Waals surface area contributed by atoms with Crippen LogP contribution in [0.3, 0.4) is 0 Å². The summed E-state index contributed by atoms with van der Waals surface area (Å²) in [5.74, 6) is 0.439. The SMILES string of the molecule is CCCCC(=O)Nc1ccc(SC/C=C/C(=O)OCC)cc1. The monoisotopic (exact) mass is 321 g/mol. The average molecular weight is 321 g/mol. The van der Waals surface area contributed by atoms with Gasteiger partial charge >= 0.3 is 5.97 Å². The highest BCUT2D eigenvalue weighted by molar-refractivity contribution is 7.99. The molecule has 0 heterocycles. The first-order valence-corrected chi connectivity index (χ1v) is 8.50. The second-order valence-electron chi connectivity index (χ2n) is 4.64. The molecule has 4 nitrogen and oxygen atoms in total. The highest BCUT2D eigenvalue weighted by Crippen LogP contribution is 2.20. The van der Waals surface area contributed by atoms with Crippen molar-refractivity contribution in [3.63, 3.8) is 0 Å². The Morgan fingerprint density at radius 3 is 2.59 bits per heavy atom. The van der Waals surface area contributed by atoms with Crippen molar-refractivity contribution >= 4 is 29.3 Å². The molecule has 22 heavy (non-hydrogen) atoms. The fourth-order valence-corrected chi connectivity index (χ4v) is 2.39. The maximum Gasteiger partial charge on any atom is 0.330 e. The zero-order valence-corrected chi connectivity index (χ0v) is 13.9. The van der Waals surface area contributed by atoms with E-state index in [0.29, 0.717) is 18.8 Å². The second-order valence-corrected chi connectivity index (χ2v) is 5.73. The summed E-state index contributed by atoms with van der Waals surface area (Å²) in [6, 6.07) is 7.69. The van der Waals surface area contributed by atoms with Gasteiger partial charge in [-0.2, -0.15) is 0 Å². The van der Waals surface area contributed by atoms with Gasteiger partial charge in [0.15, 0.2) is 0 Å². The van der Waals surface area contributed by atoms with Crippen LogP contribution in [0.2, 0.25) is 0 Å². The zero-order chi connectivity index (χ0) is 16.2. The molecule has 0 aliphatic carbocycles. The van der Waals surface area contributed by atoms with Gasteiger partial charge in [-0.3, -0.25) is 4.79 Å². The number of hydrogen-bond acceptors (Lipinski definition) is 4. The summed E-state index contributed by atoms with van der Waals surface area (Å²) >= 11 is 1.61. The maximum absolute atomic E-state index is 11.6. The molecule has 5 heteroatoms. The van der Waals surface area contributed by atoms with Crippen molar-refractivity contribution in [2.45, 2.75) is 38.0 Å². The fourth-order valence-electron chi connectivity index (χ4n) is 1.67. The van der Waals surface area contributed by atoms with Gasteiger partial charge in [-0.1, -0.05) is 19.4 Å². The smallest absolute Gasteiger partial charge is 0.330 e. The molecule has 0 bridgehead atoms.